The molecule has 0 N–H and O–H groups in total. The number of hydrogen-bond acceptors (Lipinski definition) is 4. The molecule has 0 radical (unpaired) electrons. The Morgan fingerprint density at radius 3 is 2.73 bits per heavy atom. The monoisotopic (exact) mass is 415 g/mol. The van der Waals surface area contributed by atoms with Crippen molar-refractivity contribution in [3.63, 3.8) is 0 Å². The Bertz CT molecular complexity index is 892. The van der Waals surface area contributed by atoms with Crippen molar-refractivity contribution in [2.24, 2.45) is 0 Å². The maximum atomic E-state index is 14.1. The van der Waals surface area contributed by atoms with E-state index in [2.05, 4.69) is 0 Å². The van der Waals surface area contributed by atoms with Crippen molar-refractivity contribution in [3.05, 3.63) is 58.9 Å². The van der Waals surface area contributed by atoms with Crippen LogP contribution in [0.2, 0.25) is 5.02 Å². The average Bonchev–Trinajstić information content (AvgIpc) is 2.88. The van der Waals surface area contributed by atoms with Crippen LogP contribution in [0.4, 0.5) is 4.39 Å². The van der Waals surface area contributed by atoms with E-state index in [1.54, 1.807) is 42.1 Å². The summed E-state index contributed by atoms with van der Waals surface area (Å²) < 4.78 is 46.9. The Kier molecular flexibility index (Phi) is 6.12. The minimum absolute atomic E-state index is 0.0573. The number of thioether (sulfide) groups is 1. The molecule has 0 bridgehead atoms. The van der Waals surface area contributed by atoms with E-state index in [-0.39, 0.29) is 21.7 Å². The third-order valence-corrected chi connectivity index (χ3v) is 7.76. The molecular formula is C18H19ClFNO3S2. The molecule has 140 valence electrons. The molecule has 2 aromatic rings. The lowest BCUT2D eigenvalue weighted by atomic mass is 10.1. The summed E-state index contributed by atoms with van der Waals surface area (Å²) in [6.45, 7) is 0.664. The summed E-state index contributed by atoms with van der Waals surface area (Å²) in [7, 11) is -2.32. The summed E-state index contributed by atoms with van der Waals surface area (Å²) in [6.07, 6.45) is 0.535. The van der Waals surface area contributed by atoms with Crippen LogP contribution in [0.15, 0.2) is 47.4 Å². The molecule has 4 nitrogen and oxygen atoms in total. The summed E-state index contributed by atoms with van der Waals surface area (Å²) in [4.78, 5) is 0.0573. The Morgan fingerprint density at radius 1 is 1.23 bits per heavy atom. The van der Waals surface area contributed by atoms with Crippen LogP contribution in [0, 0.1) is 5.82 Å². The van der Waals surface area contributed by atoms with Crippen LogP contribution in [-0.4, -0.2) is 38.7 Å². The normalized spacial score (nSPS) is 19.1. The molecule has 1 atom stereocenters. The summed E-state index contributed by atoms with van der Waals surface area (Å²) in [5, 5.41) is 0.260. The fourth-order valence-electron chi connectivity index (χ4n) is 2.97. The maximum Gasteiger partial charge on any atom is 0.246 e. The lowest BCUT2D eigenvalue weighted by molar-refractivity contribution is 0.392. The molecule has 0 aliphatic carbocycles. The van der Waals surface area contributed by atoms with E-state index in [4.69, 9.17) is 16.3 Å². The van der Waals surface area contributed by atoms with Crippen LogP contribution in [-0.2, 0) is 10.0 Å². The molecule has 26 heavy (non-hydrogen) atoms. The van der Waals surface area contributed by atoms with Gasteiger partial charge >= 0.3 is 0 Å². The number of benzene rings is 2. The largest absolute Gasteiger partial charge is 0.495 e. The second-order valence-corrected chi connectivity index (χ2v) is 9.52. The quantitative estimate of drug-likeness (QED) is 0.744. The molecule has 1 aliphatic rings. The van der Waals surface area contributed by atoms with E-state index in [0.29, 0.717) is 35.8 Å². The van der Waals surface area contributed by atoms with E-state index in [1.807, 2.05) is 0 Å². The van der Waals surface area contributed by atoms with Crippen molar-refractivity contribution in [1.29, 1.82) is 0 Å². The van der Waals surface area contributed by atoms with Gasteiger partial charge < -0.3 is 4.74 Å². The number of rotatable bonds is 4. The molecule has 1 aliphatic heterocycles. The molecular weight excluding hydrogens is 397 g/mol. The molecule has 1 saturated heterocycles. The zero-order valence-electron chi connectivity index (χ0n) is 14.2. The predicted molar refractivity (Wildman–Crippen MR) is 103 cm³/mol. The van der Waals surface area contributed by atoms with E-state index in [0.717, 1.165) is 0 Å². The fourth-order valence-corrected chi connectivity index (χ4v) is 6.21. The van der Waals surface area contributed by atoms with Gasteiger partial charge in [-0.25, -0.2) is 12.8 Å². The third kappa shape index (κ3) is 4.01. The topological polar surface area (TPSA) is 46.6 Å². The molecule has 1 heterocycles. The van der Waals surface area contributed by atoms with E-state index in [1.165, 1.54) is 23.5 Å². The first-order valence-corrected chi connectivity index (χ1v) is 11.0. The van der Waals surface area contributed by atoms with Gasteiger partial charge in [0.05, 0.1) is 7.11 Å². The molecule has 0 amide bonds. The molecule has 0 aromatic heterocycles. The van der Waals surface area contributed by atoms with Crippen LogP contribution in [0.25, 0.3) is 0 Å². The number of halogens is 2. The van der Waals surface area contributed by atoms with E-state index in [9.17, 15) is 12.8 Å². The lowest BCUT2D eigenvalue weighted by Crippen LogP contribution is -2.33. The minimum atomic E-state index is -3.75. The van der Waals surface area contributed by atoms with Gasteiger partial charge in [-0.1, -0.05) is 29.8 Å². The van der Waals surface area contributed by atoms with Crippen molar-refractivity contribution in [3.8, 4) is 5.75 Å². The highest BCUT2D eigenvalue weighted by Gasteiger charge is 2.31. The summed E-state index contributed by atoms with van der Waals surface area (Å²) in [5.41, 5.74) is 0.622. The zero-order chi connectivity index (χ0) is 18.7. The number of nitrogens with zero attached hydrogens (tertiary/aromatic N) is 1. The summed E-state index contributed by atoms with van der Waals surface area (Å²) >= 11 is 7.56. The Balaban J connectivity index is 1.85. The molecule has 8 heteroatoms. The van der Waals surface area contributed by atoms with Crippen LogP contribution in [0.1, 0.15) is 17.2 Å². The number of methoxy groups -OCH3 is 1. The standard InChI is InChI=1S/C18H19ClFNO3S2/c1-24-16-7-6-13(19)12-18(16)26(22,23)21-9-8-17(25-11-10-21)14-4-2-3-5-15(14)20/h2-7,12,17H,8-11H2,1H3. The molecule has 0 saturated carbocycles. The van der Waals surface area contributed by atoms with Crippen molar-refractivity contribution >= 4 is 33.4 Å². The molecule has 2 aromatic carbocycles. The Hall–Kier alpha value is -1.28. The van der Waals surface area contributed by atoms with Gasteiger partial charge in [0.15, 0.2) is 0 Å². The van der Waals surface area contributed by atoms with Crippen molar-refractivity contribution in [2.75, 3.05) is 26.0 Å². The van der Waals surface area contributed by atoms with Gasteiger partial charge in [0, 0.05) is 34.7 Å². The number of ether oxygens (including phenoxy) is 1. The SMILES string of the molecule is COc1ccc(Cl)cc1S(=O)(=O)N1CCSC(c2ccccc2F)CC1. The molecule has 3 rings (SSSR count). The fraction of sp³-hybridized carbons (Fsp3) is 0.333. The van der Waals surface area contributed by atoms with Gasteiger partial charge in [-0.2, -0.15) is 16.1 Å². The first-order valence-electron chi connectivity index (χ1n) is 8.13. The van der Waals surface area contributed by atoms with Crippen molar-refractivity contribution in [2.45, 2.75) is 16.6 Å². The van der Waals surface area contributed by atoms with Crippen LogP contribution < -0.4 is 4.74 Å². The minimum Gasteiger partial charge on any atom is -0.495 e. The van der Waals surface area contributed by atoms with Gasteiger partial charge in [-0.3, -0.25) is 0 Å². The predicted octanol–water partition coefficient (Wildman–Crippen LogP) is 4.36. The van der Waals surface area contributed by atoms with Gasteiger partial charge in [0.2, 0.25) is 10.0 Å². The first-order chi connectivity index (χ1) is 12.4. The maximum absolute atomic E-state index is 14.1. The molecule has 0 spiro atoms. The first kappa shape index (κ1) is 19.5. The summed E-state index contributed by atoms with van der Waals surface area (Å²) in [5.74, 6) is 0.593. The lowest BCUT2D eigenvalue weighted by Gasteiger charge is -2.21. The Morgan fingerprint density at radius 2 is 2.00 bits per heavy atom. The van der Waals surface area contributed by atoms with Gasteiger partial charge in [-0.05, 0) is 30.7 Å². The average molecular weight is 416 g/mol. The van der Waals surface area contributed by atoms with E-state index >= 15 is 0 Å². The van der Waals surface area contributed by atoms with Crippen LogP contribution >= 0.6 is 23.4 Å². The van der Waals surface area contributed by atoms with Crippen LogP contribution in [0.3, 0.4) is 0 Å². The van der Waals surface area contributed by atoms with Gasteiger partial charge in [-0.15, -0.1) is 0 Å². The zero-order valence-corrected chi connectivity index (χ0v) is 16.6. The Labute approximate surface area is 162 Å². The summed E-state index contributed by atoms with van der Waals surface area (Å²) in [6, 6.07) is 11.2. The second kappa shape index (κ2) is 8.17. The highest BCUT2D eigenvalue weighted by atomic mass is 35.5. The number of hydrogen-bond donors (Lipinski definition) is 0. The van der Waals surface area contributed by atoms with Gasteiger partial charge in [0.1, 0.15) is 16.5 Å². The number of sulfonamides is 1. The van der Waals surface area contributed by atoms with Crippen molar-refractivity contribution < 1.29 is 17.5 Å². The van der Waals surface area contributed by atoms with E-state index < -0.39 is 10.0 Å². The highest BCUT2D eigenvalue weighted by molar-refractivity contribution is 7.99. The molecule has 1 fully saturated rings. The van der Waals surface area contributed by atoms with Crippen LogP contribution in [0.5, 0.6) is 5.75 Å². The smallest absolute Gasteiger partial charge is 0.246 e. The highest BCUT2D eigenvalue weighted by Crippen LogP contribution is 2.37. The molecule has 1 unspecified atom stereocenters. The van der Waals surface area contributed by atoms with Gasteiger partial charge in [0.25, 0.3) is 0 Å². The van der Waals surface area contributed by atoms with Crippen molar-refractivity contribution in [1.82, 2.24) is 4.31 Å². The third-order valence-electron chi connectivity index (χ3n) is 4.30. The second-order valence-electron chi connectivity index (χ2n) is 5.87.